The van der Waals surface area contributed by atoms with Crippen LogP contribution in [0.15, 0.2) is 0 Å². The van der Waals surface area contributed by atoms with Crippen LogP contribution in [0, 0.1) is 0 Å². The van der Waals surface area contributed by atoms with Crippen LogP contribution < -0.4 is 0 Å². The number of carbonyl (C=O) groups excluding carboxylic acids is 1. The first-order chi connectivity index (χ1) is 6.07. The summed E-state index contributed by atoms with van der Waals surface area (Å²) in [7, 11) is 4.52. The molecule has 0 fully saturated rings. The number of halogens is 1. The van der Waals surface area contributed by atoms with Gasteiger partial charge in [0.15, 0.2) is 0 Å². The summed E-state index contributed by atoms with van der Waals surface area (Å²) in [6.45, 7) is 0. The quantitative estimate of drug-likeness (QED) is 0.460. The normalized spacial score (nSPS) is 13.9. The summed E-state index contributed by atoms with van der Waals surface area (Å²) >= 11 is 0. The van der Waals surface area contributed by atoms with E-state index in [1.54, 1.807) is 0 Å². The second kappa shape index (κ2) is 5.11. The van der Waals surface area contributed by atoms with E-state index in [2.05, 4.69) is 18.9 Å². The first-order valence-electron chi connectivity index (χ1n) is 3.45. The highest BCUT2D eigenvalue weighted by Gasteiger charge is 2.46. The molecule has 0 heterocycles. The smallest absolute Gasteiger partial charge is 0.349 e. The van der Waals surface area contributed by atoms with E-state index in [4.69, 9.17) is 0 Å². The van der Waals surface area contributed by atoms with Crippen molar-refractivity contribution in [2.45, 2.75) is 12.1 Å². The van der Waals surface area contributed by atoms with Crippen molar-refractivity contribution in [2.75, 3.05) is 28.4 Å². The van der Waals surface area contributed by atoms with Gasteiger partial charge in [-0.05, 0) is 0 Å². The van der Waals surface area contributed by atoms with Gasteiger partial charge in [-0.1, -0.05) is 0 Å². The van der Waals surface area contributed by atoms with Crippen molar-refractivity contribution in [2.24, 2.45) is 0 Å². The molecule has 0 rings (SSSR count). The first kappa shape index (κ1) is 12.3. The van der Waals surface area contributed by atoms with Crippen molar-refractivity contribution in [3.8, 4) is 0 Å². The molecular weight excluding hydrogens is 183 g/mol. The maximum atomic E-state index is 13.3. The molecule has 0 saturated heterocycles. The van der Waals surface area contributed by atoms with Gasteiger partial charge in [-0.25, -0.2) is 9.18 Å². The largest absolute Gasteiger partial charge is 0.467 e. The summed E-state index contributed by atoms with van der Waals surface area (Å²) in [4.78, 5) is 10.8. The average molecular weight is 196 g/mol. The Kier molecular flexibility index (Phi) is 4.82. The Morgan fingerprint density at radius 2 is 1.54 bits per heavy atom. The Labute approximate surface area is 75.7 Å². The topological polar surface area (TPSA) is 54.0 Å². The van der Waals surface area contributed by atoms with E-state index in [-0.39, 0.29) is 0 Å². The van der Waals surface area contributed by atoms with E-state index < -0.39 is 18.1 Å². The second-order valence-electron chi connectivity index (χ2n) is 2.10. The van der Waals surface area contributed by atoms with Crippen molar-refractivity contribution in [3.05, 3.63) is 0 Å². The predicted octanol–water partition coefficient (Wildman–Crippen LogP) is 0.0905. The van der Waals surface area contributed by atoms with Gasteiger partial charge < -0.3 is 18.9 Å². The van der Waals surface area contributed by atoms with E-state index in [0.717, 1.165) is 28.4 Å². The number of esters is 1. The van der Waals surface area contributed by atoms with Crippen LogP contribution in [0.5, 0.6) is 0 Å². The third kappa shape index (κ3) is 2.36. The van der Waals surface area contributed by atoms with E-state index in [9.17, 15) is 9.18 Å². The van der Waals surface area contributed by atoms with Crippen LogP contribution >= 0.6 is 0 Å². The van der Waals surface area contributed by atoms with Crippen LogP contribution in [0.1, 0.15) is 0 Å². The zero-order chi connectivity index (χ0) is 10.5. The molecule has 0 N–H and O–H groups in total. The number of alkyl halides is 1. The summed E-state index contributed by atoms with van der Waals surface area (Å²) < 4.78 is 31.2. The highest BCUT2D eigenvalue weighted by atomic mass is 19.1. The highest BCUT2D eigenvalue weighted by Crippen LogP contribution is 2.21. The molecule has 0 aliphatic heterocycles. The lowest BCUT2D eigenvalue weighted by atomic mass is 10.3. The van der Waals surface area contributed by atoms with Crippen molar-refractivity contribution in [1.29, 1.82) is 0 Å². The lowest BCUT2D eigenvalue weighted by Gasteiger charge is -2.29. The van der Waals surface area contributed by atoms with Crippen molar-refractivity contribution in [3.63, 3.8) is 0 Å². The molecule has 0 spiro atoms. The van der Waals surface area contributed by atoms with E-state index in [1.807, 2.05) is 0 Å². The van der Waals surface area contributed by atoms with Gasteiger partial charge in [0.05, 0.1) is 7.11 Å². The number of carbonyl (C=O) groups is 1. The maximum absolute atomic E-state index is 13.3. The number of hydrogen-bond acceptors (Lipinski definition) is 5. The summed E-state index contributed by atoms with van der Waals surface area (Å²) in [5, 5.41) is 0. The molecular formula is C7H13FO5. The number of ether oxygens (including phenoxy) is 4. The van der Waals surface area contributed by atoms with Gasteiger partial charge in [-0.2, -0.15) is 0 Å². The van der Waals surface area contributed by atoms with Crippen LogP contribution in [0.3, 0.4) is 0 Å². The molecule has 0 aromatic carbocycles. The monoisotopic (exact) mass is 196 g/mol. The molecule has 0 aromatic rings. The third-order valence-electron chi connectivity index (χ3n) is 1.57. The molecule has 6 heteroatoms. The zero-order valence-corrected chi connectivity index (χ0v) is 8.00. The highest BCUT2D eigenvalue weighted by molar-refractivity contribution is 5.75. The predicted molar refractivity (Wildman–Crippen MR) is 40.7 cm³/mol. The van der Waals surface area contributed by atoms with E-state index >= 15 is 0 Å². The molecule has 0 amide bonds. The summed E-state index contributed by atoms with van der Waals surface area (Å²) in [5.74, 6) is -3.15. The van der Waals surface area contributed by atoms with E-state index in [1.165, 1.54) is 0 Å². The Hall–Kier alpha value is -0.720. The van der Waals surface area contributed by atoms with Gasteiger partial charge in [0.25, 0.3) is 6.17 Å². The molecule has 0 aliphatic rings. The number of methoxy groups -OCH3 is 4. The Balaban J connectivity index is 4.62. The molecule has 0 aliphatic carbocycles. The minimum atomic E-state index is -2.16. The van der Waals surface area contributed by atoms with Crippen LogP contribution in [-0.2, 0) is 23.7 Å². The standard InChI is InChI=1S/C7H13FO5/c1-10-6(9)5(8)7(11-2,12-3)13-4/h5H,1-4H3. The van der Waals surface area contributed by atoms with Crippen LogP contribution in [0.25, 0.3) is 0 Å². The van der Waals surface area contributed by atoms with Crippen LogP contribution in [0.4, 0.5) is 4.39 Å². The lowest BCUT2D eigenvalue weighted by Crippen LogP contribution is -2.49. The second-order valence-corrected chi connectivity index (χ2v) is 2.10. The van der Waals surface area contributed by atoms with Crippen molar-refractivity contribution >= 4 is 5.97 Å². The zero-order valence-electron chi connectivity index (χ0n) is 8.00. The van der Waals surface area contributed by atoms with Crippen LogP contribution in [0.2, 0.25) is 0 Å². The summed E-state index contributed by atoms with van der Waals surface area (Å²) in [6, 6.07) is 0. The molecule has 0 aromatic heterocycles. The molecule has 1 unspecified atom stereocenters. The van der Waals surface area contributed by atoms with E-state index in [0.29, 0.717) is 0 Å². The molecule has 1 atom stereocenters. The molecule has 78 valence electrons. The maximum Gasteiger partial charge on any atom is 0.349 e. The van der Waals surface area contributed by atoms with Gasteiger partial charge in [0, 0.05) is 21.3 Å². The van der Waals surface area contributed by atoms with Gasteiger partial charge in [0.2, 0.25) is 0 Å². The van der Waals surface area contributed by atoms with Gasteiger partial charge in [-0.15, -0.1) is 0 Å². The molecule has 0 saturated carbocycles. The number of rotatable bonds is 5. The molecule has 13 heavy (non-hydrogen) atoms. The number of hydrogen-bond donors (Lipinski definition) is 0. The Bertz CT molecular complexity index is 160. The fraction of sp³-hybridized carbons (Fsp3) is 0.857. The fourth-order valence-electron chi connectivity index (χ4n) is 0.808. The molecule has 0 radical (unpaired) electrons. The van der Waals surface area contributed by atoms with Gasteiger partial charge in [-0.3, -0.25) is 0 Å². The molecule has 0 bridgehead atoms. The summed E-state index contributed by atoms with van der Waals surface area (Å²) in [6.07, 6.45) is -2.16. The van der Waals surface area contributed by atoms with Gasteiger partial charge >= 0.3 is 11.9 Å². The molecule has 5 nitrogen and oxygen atoms in total. The third-order valence-corrected chi connectivity index (χ3v) is 1.57. The lowest BCUT2D eigenvalue weighted by molar-refractivity contribution is -0.373. The van der Waals surface area contributed by atoms with Crippen LogP contribution in [-0.4, -0.2) is 46.6 Å². The average Bonchev–Trinajstić information content (AvgIpc) is 2.20. The minimum Gasteiger partial charge on any atom is -0.467 e. The fourth-order valence-corrected chi connectivity index (χ4v) is 0.808. The SMILES string of the molecule is COC(=O)C(F)C(OC)(OC)OC. The first-order valence-corrected chi connectivity index (χ1v) is 3.45. The van der Waals surface area contributed by atoms with Gasteiger partial charge in [0.1, 0.15) is 0 Å². The van der Waals surface area contributed by atoms with Crippen molar-refractivity contribution in [1.82, 2.24) is 0 Å². The Morgan fingerprint density at radius 3 is 1.77 bits per heavy atom. The minimum absolute atomic E-state index is 1.06. The Morgan fingerprint density at radius 1 is 1.15 bits per heavy atom. The van der Waals surface area contributed by atoms with Crippen molar-refractivity contribution < 1.29 is 28.1 Å². The summed E-state index contributed by atoms with van der Waals surface area (Å²) in [5.41, 5.74) is 0.